The number of aliphatic hydroxyl groups excluding tert-OH is 1. The zero-order chi connectivity index (χ0) is 35.7. The Morgan fingerprint density at radius 2 is 1.50 bits per heavy atom. The average molecular weight is 703 g/mol. The molecule has 0 heterocycles. The van der Waals surface area contributed by atoms with E-state index in [0.717, 1.165) is 64.2 Å². The lowest BCUT2D eigenvalue weighted by molar-refractivity contribution is -0.396. The highest BCUT2D eigenvalue weighted by Gasteiger charge is 2.81. The van der Waals surface area contributed by atoms with Crippen LogP contribution in [0.25, 0.3) is 0 Å². The maximum absolute atomic E-state index is 13.8. The van der Waals surface area contributed by atoms with Gasteiger partial charge in [0.15, 0.2) is 0 Å². The first-order chi connectivity index (χ1) is 22.2. The molecule has 3 aliphatic rings. The summed E-state index contributed by atoms with van der Waals surface area (Å²) < 4.78 is 118. The van der Waals surface area contributed by atoms with Crippen LogP contribution in [0.15, 0.2) is 18.2 Å². The van der Waals surface area contributed by atoms with E-state index < -0.39 is 55.1 Å². The number of alkyl halides is 9. The summed E-state index contributed by atoms with van der Waals surface area (Å²) in [6.07, 6.45) is -0.294. The topological polar surface area (TPSA) is 77.8 Å². The maximum Gasteiger partial charge on any atom is 0.460 e. The number of aromatic hydroxyl groups is 1. The Balaban J connectivity index is 1.21. The quantitative estimate of drug-likeness (QED) is 0.118. The number of aryl methyl sites for hydroxylation is 1. The molecule has 0 amide bonds. The molecule has 7 atom stereocenters. The molecule has 0 bridgehead atoms. The van der Waals surface area contributed by atoms with Gasteiger partial charge >= 0.3 is 29.9 Å². The van der Waals surface area contributed by atoms with Crippen molar-refractivity contribution in [2.75, 3.05) is 0 Å². The Bertz CT molecular complexity index is 1250. The van der Waals surface area contributed by atoms with Crippen LogP contribution < -0.4 is 0 Å². The van der Waals surface area contributed by atoms with Crippen LogP contribution in [0.4, 0.5) is 39.5 Å². The number of fused-ring (bicyclic) bond motifs is 5. The largest absolute Gasteiger partial charge is 0.508 e. The van der Waals surface area contributed by atoms with E-state index in [4.69, 9.17) is 0 Å². The van der Waals surface area contributed by atoms with Gasteiger partial charge in [-0.1, -0.05) is 51.5 Å². The third-order valence-electron chi connectivity index (χ3n) is 11.8. The Morgan fingerprint density at radius 1 is 0.875 bits per heavy atom. The van der Waals surface area contributed by atoms with Crippen molar-refractivity contribution in [2.45, 2.75) is 146 Å². The van der Waals surface area contributed by atoms with E-state index in [1.165, 1.54) is 11.1 Å². The van der Waals surface area contributed by atoms with Gasteiger partial charge in [-0.05, 0) is 110 Å². The molecule has 3 N–H and O–H groups in total. The van der Waals surface area contributed by atoms with E-state index >= 15 is 0 Å². The number of carbonyl (C=O) groups is 1. The molecule has 1 aromatic rings. The first kappa shape index (κ1) is 38.6. The fourth-order valence-electron chi connectivity index (χ4n) is 9.16. The molecule has 0 spiro atoms. The SMILES string of the molecule is C[C@]12CC(CCCCCCCCC(CCCC(F)(F)C(F)(F)C(F)(F)C(F)(F)F)C(=O)O)C3c4ccc(O)cc4CCC3C1CC[C@@H]2O. The number of halogens is 9. The molecule has 1 aromatic carbocycles. The molecule has 2 fully saturated rings. The lowest BCUT2D eigenvalue weighted by Crippen LogP contribution is -2.60. The number of hydrogen-bond donors (Lipinski definition) is 3. The second kappa shape index (κ2) is 14.6. The second-order valence-corrected chi connectivity index (χ2v) is 14.8. The minimum Gasteiger partial charge on any atom is -0.508 e. The Kier molecular flexibility index (Phi) is 11.7. The summed E-state index contributed by atoms with van der Waals surface area (Å²) in [5.74, 6) is -19.9. The summed E-state index contributed by atoms with van der Waals surface area (Å²) in [5, 5.41) is 30.4. The third kappa shape index (κ3) is 7.60. The number of unbranched alkanes of at least 4 members (excludes halogenated alkanes) is 5. The number of carboxylic acids is 1. The van der Waals surface area contributed by atoms with Gasteiger partial charge in [-0.2, -0.15) is 39.5 Å². The second-order valence-electron chi connectivity index (χ2n) is 14.8. The van der Waals surface area contributed by atoms with E-state index in [0.29, 0.717) is 36.5 Å². The van der Waals surface area contributed by atoms with E-state index in [2.05, 4.69) is 13.0 Å². The molecule has 2 saturated carbocycles. The van der Waals surface area contributed by atoms with E-state index in [9.17, 15) is 59.6 Å². The Labute approximate surface area is 275 Å². The van der Waals surface area contributed by atoms with Gasteiger partial charge in [0.2, 0.25) is 0 Å². The number of carboxylic acid groups (broad SMARTS) is 1. The average Bonchev–Trinajstić information content (AvgIpc) is 3.29. The van der Waals surface area contributed by atoms with Crippen LogP contribution in [0.5, 0.6) is 5.75 Å². The van der Waals surface area contributed by atoms with Crippen LogP contribution in [0.3, 0.4) is 0 Å². The predicted octanol–water partition coefficient (Wildman–Crippen LogP) is 10.3. The summed E-state index contributed by atoms with van der Waals surface area (Å²) in [6, 6.07) is 5.71. The van der Waals surface area contributed by atoms with E-state index in [-0.39, 0.29) is 23.7 Å². The summed E-state index contributed by atoms with van der Waals surface area (Å²) in [7, 11) is 0. The lowest BCUT2D eigenvalue weighted by atomic mass is 9.51. The van der Waals surface area contributed by atoms with Crippen molar-refractivity contribution in [2.24, 2.45) is 29.1 Å². The van der Waals surface area contributed by atoms with Gasteiger partial charge in [0, 0.05) is 6.42 Å². The van der Waals surface area contributed by atoms with Crippen LogP contribution in [0.1, 0.15) is 120 Å². The standard InChI is InChI=1S/C35H47F9O4/c1-31-20-23(29-25-15-13-24(45)19-22(25)12-14-26(29)27(31)16-17-28(31)46)10-7-5-3-2-4-6-9-21(30(47)48)11-8-18-32(36,37)33(38,39)34(40,41)35(42,43)44/h13,15,19,21,23,26-29,45-46H,2-12,14,16-18,20H2,1H3,(H,47,48)/t21?,23?,26?,27?,28-,29?,31-/m0/s1. The number of aliphatic carboxylic acids is 1. The number of aliphatic hydroxyl groups is 1. The van der Waals surface area contributed by atoms with Crippen LogP contribution in [0.2, 0.25) is 0 Å². The highest BCUT2D eigenvalue weighted by atomic mass is 19.4. The number of phenolic OH excluding ortho intramolecular Hbond substituents is 1. The molecule has 0 aromatic heterocycles. The molecule has 5 unspecified atom stereocenters. The fourth-order valence-corrected chi connectivity index (χ4v) is 9.16. The van der Waals surface area contributed by atoms with E-state index in [1.54, 1.807) is 6.07 Å². The van der Waals surface area contributed by atoms with Gasteiger partial charge in [0.1, 0.15) is 5.75 Å². The van der Waals surface area contributed by atoms with Crippen molar-refractivity contribution in [1.82, 2.24) is 0 Å². The molecule has 13 heteroatoms. The molecule has 4 nitrogen and oxygen atoms in total. The molecule has 0 saturated heterocycles. The van der Waals surface area contributed by atoms with Gasteiger partial charge in [0.05, 0.1) is 12.0 Å². The van der Waals surface area contributed by atoms with Gasteiger partial charge < -0.3 is 15.3 Å². The summed E-state index contributed by atoms with van der Waals surface area (Å²) >= 11 is 0. The van der Waals surface area contributed by atoms with Crippen molar-refractivity contribution in [1.29, 1.82) is 0 Å². The Hall–Kier alpha value is -2.18. The number of phenols is 1. The molecule has 274 valence electrons. The van der Waals surface area contributed by atoms with Crippen molar-refractivity contribution in [3.8, 4) is 5.75 Å². The van der Waals surface area contributed by atoms with E-state index in [1.807, 2.05) is 6.07 Å². The molecule has 3 aliphatic carbocycles. The van der Waals surface area contributed by atoms with Gasteiger partial charge in [-0.3, -0.25) is 4.79 Å². The molecular weight excluding hydrogens is 655 g/mol. The van der Waals surface area contributed by atoms with Crippen LogP contribution in [0, 0.1) is 29.1 Å². The van der Waals surface area contributed by atoms with Crippen LogP contribution in [-0.4, -0.2) is 51.3 Å². The minimum atomic E-state index is -6.94. The number of benzene rings is 1. The van der Waals surface area contributed by atoms with Crippen molar-refractivity contribution in [3.05, 3.63) is 29.3 Å². The van der Waals surface area contributed by atoms with Crippen LogP contribution >= 0.6 is 0 Å². The highest BCUT2D eigenvalue weighted by Crippen LogP contribution is 2.63. The molecule has 0 aliphatic heterocycles. The summed E-state index contributed by atoms with van der Waals surface area (Å²) in [4.78, 5) is 11.6. The molecule has 4 rings (SSSR count). The minimum absolute atomic E-state index is 0.0399. The smallest absolute Gasteiger partial charge is 0.460 e. The summed E-state index contributed by atoms with van der Waals surface area (Å²) in [5.41, 5.74) is 2.42. The van der Waals surface area contributed by atoms with Crippen molar-refractivity contribution >= 4 is 5.97 Å². The molecule has 48 heavy (non-hydrogen) atoms. The van der Waals surface area contributed by atoms with Crippen molar-refractivity contribution < 1.29 is 59.6 Å². The number of rotatable bonds is 16. The van der Waals surface area contributed by atoms with Crippen LogP contribution in [-0.2, 0) is 11.2 Å². The first-order valence-corrected chi connectivity index (χ1v) is 17.2. The zero-order valence-corrected chi connectivity index (χ0v) is 27.2. The number of hydrogen-bond acceptors (Lipinski definition) is 3. The molecular formula is C35H47F9O4. The fraction of sp³-hybridized carbons (Fsp3) is 0.800. The van der Waals surface area contributed by atoms with Gasteiger partial charge in [0.25, 0.3) is 0 Å². The maximum atomic E-state index is 13.8. The third-order valence-corrected chi connectivity index (χ3v) is 11.8. The highest BCUT2D eigenvalue weighted by molar-refractivity contribution is 5.69. The predicted molar refractivity (Wildman–Crippen MR) is 160 cm³/mol. The molecule has 0 radical (unpaired) electrons. The zero-order valence-electron chi connectivity index (χ0n) is 27.2. The van der Waals surface area contributed by atoms with Crippen molar-refractivity contribution in [3.63, 3.8) is 0 Å². The summed E-state index contributed by atoms with van der Waals surface area (Å²) in [6.45, 7) is 2.24. The normalized spacial score (nSPS) is 28.4. The van der Waals surface area contributed by atoms with Gasteiger partial charge in [-0.25, -0.2) is 0 Å². The van der Waals surface area contributed by atoms with Gasteiger partial charge in [-0.15, -0.1) is 0 Å². The first-order valence-electron chi connectivity index (χ1n) is 17.2. The Morgan fingerprint density at radius 3 is 2.15 bits per heavy atom. The monoisotopic (exact) mass is 702 g/mol. The lowest BCUT2D eigenvalue weighted by Gasteiger charge is -2.54.